The van der Waals surface area contributed by atoms with Gasteiger partial charge in [0.15, 0.2) is 5.43 Å². The van der Waals surface area contributed by atoms with Gasteiger partial charge in [-0.2, -0.15) is 0 Å². The van der Waals surface area contributed by atoms with Crippen LogP contribution in [0.4, 0.5) is 0 Å². The maximum Gasteiger partial charge on any atom is 0.220 e. The van der Waals surface area contributed by atoms with Crippen LogP contribution in [0.1, 0.15) is 0 Å². The number of hydrogen-bond donors (Lipinski definition) is 0. The van der Waals surface area contributed by atoms with Crippen molar-refractivity contribution in [1.82, 2.24) is 8.75 Å². The molecule has 4 nitrogen and oxygen atoms in total. The van der Waals surface area contributed by atoms with Crippen LogP contribution in [0.3, 0.4) is 0 Å². The molecule has 0 aliphatic rings. The standard InChI is InChI=1S/C6H2N2O2S4/c9-3-1-5(11-13-7-1)4(10)6-2(3)8-14-12-6/h13-14H. The van der Waals surface area contributed by atoms with Crippen LogP contribution in [0.2, 0.25) is 0 Å². The molecule has 2 aromatic heterocycles. The maximum absolute atomic E-state index is 11.8. The third kappa shape index (κ3) is 0.962. The fourth-order valence-corrected chi connectivity index (χ4v) is 5.24. The zero-order chi connectivity index (χ0) is 9.71. The molecule has 0 saturated heterocycles. The molecule has 0 aliphatic carbocycles. The van der Waals surface area contributed by atoms with Crippen LogP contribution in [0.15, 0.2) is 9.59 Å². The smallest absolute Gasteiger partial charge is 0.220 e. The van der Waals surface area contributed by atoms with E-state index < -0.39 is 0 Å². The van der Waals surface area contributed by atoms with Crippen molar-refractivity contribution in [2.24, 2.45) is 0 Å². The van der Waals surface area contributed by atoms with Gasteiger partial charge in [-0.05, 0) is 32.1 Å². The number of benzene rings is 1. The highest BCUT2D eigenvalue weighted by Crippen LogP contribution is 2.20. The van der Waals surface area contributed by atoms with Crippen LogP contribution < -0.4 is 19.6 Å². The van der Waals surface area contributed by atoms with Crippen molar-refractivity contribution in [2.75, 3.05) is 0 Å². The molecule has 0 saturated carbocycles. The third-order valence-electron chi connectivity index (χ3n) is 1.82. The van der Waals surface area contributed by atoms with Crippen molar-refractivity contribution in [3.8, 4) is 0 Å². The third-order valence-corrected chi connectivity index (χ3v) is 5.74. The number of fused-ring (bicyclic) bond motifs is 2. The van der Waals surface area contributed by atoms with Gasteiger partial charge >= 0.3 is 0 Å². The second-order valence-electron chi connectivity index (χ2n) is 2.56. The Morgan fingerprint density at radius 1 is 0.857 bits per heavy atom. The summed E-state index contributed by atoms with van der Waals surface area (Å²) in [6.07, 6.45) is 0. The van der Waals surface area contributed by atoms with Crippen molar-refractivity contribution in [1.29, 1.82) is 0 Å². The number of rotatable bonds is 0. The molecule has 0 unspecified atom stereocenters. The first-order valence-electron chi connectivity index (χ1n) is 3.53. The minimum atomic E-state index is -0.190. The average Bonchev–Trinajstić information content (AvgIpc) is 2.82. The van der Waals surface area contributed by atoms with Crippen LogP contribution in [0.5, 0.6) is 0 Å². The van der Waals surface area contributed by atoms with Gasteiger partial charge in [-0.3, -0.25) is 9.59 Å². The molecular weight excluding hydrogens is 260 g/mol. The highest BCUT2D eigenvalue weighted by atomic mass is 32.9. The van der Waals surface area contributed by atoms with Gasteiger partial charge in [0.1, 0.15) is 9.40 Å². The van der Waals surface area contributed by atoms with Gasteiger partial charge in [-0.15, -0.1) is 0 Å². The second-order valence-corrected chi connectivity index (χ2v) is 6.54. The molecule has 3 aromatic rings. The summed E-state index contributed by atoms with van der Waals surface area (Å²) < 4.78 is 8.97. The first kappa shape index (κ1) is 8.60. The molecule has 1 aromatic carbocycles. The summed E-state index contributed by atoms with van der Waals surface area (Å²) >= 11 is 0. The molecule has 0 radical (unpaired) electrons. The van der Waals surface area contributed by atoms with Crippen molar-refractivity contribution in [2.45, 2.75) is 0 Å². The van der Waals surface area contributed by atoms with E-state index in [0.29, 0.717) is 41.5 Å². The Labute approximate surface area is 91.2 Å². The van der Waals surface area contributed by atoms with E-state index in [-0.39, 0.29) is 10.9 Å². The first-order chi connectivity index (χ1) is 6.79. The Morgan fingerprint density at radius 2 is 1.36 bits per heavy atom. The maximum atomic E-state index is 11.8. The van der Waals surface area contributed by atoms with Gasteiger partial charge in [-0.25, -0.2) is 0 Å². The lowest BCUT2D eigenvalue weighted by Gasteiger charge is -1.92. The molecule has 14 heavy (non-hydrogen) atoms. The molecule has 0 aliphatic heterocycles. The molecule has 2 heterocycles. The Kier molecular flexibility index (Phi) is 1.78. The molecule has 3 rings (SSSR count). The normalized spacial score (nSPS) is 11.4. The van der Waals surface area contributed by atoms with E-state index in [1.54, 1.807) is 0 Å². The lowest BCUT2D eigenvalue weighted by atomic mass is 10.3. The second kappa shape index (κ2) is 2.89. The Morgan fingerprint density at radius 3 is 1.86 bits per heavy atom. The Balaban J connectivity index is 2.88. The number of hydrogen-bond acceptors (Lipinski definition) is 4. The molecule has 0 bridgehead atoms. The van der Waals surface area contributed by atoms with E-state index in [4.69, 9.17) is 0 Å². The summed E-state index contributed by atoms with van der Waals surface area (Å²) in [5.41, 5.74) is 0.348. The first-order valence-corrected chi connectivity index (χ1v) is 8.07. The van der Waals surface area contributed by atoms with Gasteiger partial charge < -0.3 is 8.75 Å². The van der Waals surface area contributed by atoms with Crippen molar-refractivity contribution >= 4 is 62.2 Å². The van der Waals surface area contributed by atoms with Crippen molar-refractivity contribution < 1.29 is 0 Å². The van der Waals surface area contributed by atoms with E-state index in [2.05, 4.69) is 8.75 Å². The molecule has 0 atom stereocenters. The highest BCUT2D eigenvalue weighted by molar-refractivity contribution is 7.70. The quantitative estimate of drug-likeness (QED) is 0.446. The lowest BCUT2D eigenvalue weighted by molar-refractivity contribution is 1.53. The van der Waals surface area contributed by atoms with Crippen molar-refractivity contribution in [3.05, 3.63) is 20.4 Å². The van der Waals surface area contributed by atoms with Gasteiger partial charge in [-0.1, -0.05) is 0 Å². The van der Waals surface area contributed by atoms with Gasteiger partial charge in [0.2, 0.25) is 5.43 Å². The van der Waals surface area contributed by atoms with E-state index in [1.807, 2.05) is 0 Å². The van der Waals surface area contributed by atoms with E-state index >= 15 is 0 Å². The van der Waals surface area contributed by atoms with Crippen LogP contribution in [-0.4, -0.2) is 0 Å². The fraction of sp³-hybridized carbons (Fsp3) is 0. The Bertz CT molecular complexity index is 617. The Hall–Kier alpha value is -0.700. The summed E-state index contributed by atoms with van der Waals surface area (Å²) in [5.74, 6) is 0. The predicted octanol–water partition coefficient (Wildman–Crippen LogP) is 0.901. The molecule has 0 amide bonds. The number of nitrogens with zero attached hydrogens (tertiary/aromatic N) is 2. The topological polar surface area (TPSA) is 62.3 Å². The summed E-state index contributed by atoms with van der Waals surface area (Å²) in [6.45, 7) is 0. The minimum absolute atomic E-state index is 0.0768. The molecular formula is C6H2N2O2S4. The van der Waals surface area contributed by atoms with Crippen molar-refractivity contribution in [3.63, 3.8) is 0 Å². The van der Waals surface area contributed by atoms with Crippen LogP contribution in [0, 0.1) is 0 Å². The van der Waals surface area contributed by atoms with Gasteiger partial charge in [0.25, 0.3) is 0 Å². The summed E-state index contributed by atoms with van der Waals surface area (Å²) in [6, 6.07) is 0. The number of aromatic nitrogens is 2. The van der Waals surface area contributed by atoms with Gasteiger partial charge in [0.05, 0.1) is 20.7 Å². The monoisotopic (exact) mass is 262 g/mol. The lowest BCUT2D eigenvalue weighted by Crippen LogP contribution is -2.11. The SMILES string of the molecule is O=c1c2[n-][sH+]sc2c(=O)c2s[sH+][n-]c12. The average molecular weight is 262 g/mol. The summed E-state index contributed by atoms with van der Waals surface area (Å²) in [7, 11) is 4.04. The van der Waals surface area contributed by atoms with Crippen LogP contribution >= 0.6 is 41.8 Å². The molecule has 0 N–H and O–H groups in total. The fourth-order valence-electron chi connectivity index (χ4n) is 1.19. The van der Waals surface area contributed by atoms with Gasteiger partial charge in [0, 0.05) is 0 Å². The largest absolute Gasteiger partial charge is 0.429 e. The zero-order valence-electron chi connectivity index (χ0n) is 6.42. The summed E-state index contributed by atoms with van der Waals surface area (Å²) in [4.78, 5) is 23.5. The minimum Gasteiger partial charge on any atom is -0.429 e. The van der Waals surface area contributed by atoms with Crippen LogP contribution in [-0.2, 0) is 0 Å². The summed E-state index contributed by atoms with van der Waals surface area (Å²) in [5, 5.41) is 0. The molecule has 8 heteroatoms. The zero-order valence-corrected chi connectivity index (χ0v) is 9.84. The molecule has 72 valence electrons. The van der Waals surface area contributed by atoms with E-state index in [9.17, 15) is 9.59 Å². The van der Waals surface area contributed by atoms with Crippen LogP contribution in [0.25, 0.3) is 20.4 Å². The predicted molar refractivity (Wildman–Crippen MR) is 63.7 cm³/mol. The molecule has 0 fully saturated rings. The van der Waals surface area contributed by atoms with E-state index in [1.165, 1.54) is 20.7 Å². The highest BCUT2D eigenvalue weighted by Gasteiger charge is 2.09. The molecule has 0 spiro atoms. The van der Waals surface area contributed by atoms with E-state index in [0.717, 1.165) is 0 Å².